The normalized spacial score (nSPS) is 10.2. The van der Waals surface area contributed by atoms with Crippen molar-refractivity contribution in [3.8, 4) is 0 Å². The molecule has 0 aliphatic heterocycles. The zero-order chi connectivity index (χ0) is 15.6. The molecule has 108 valence electrons. The van der Waals surface area contributed by atoms with Crippen LogP contribution in [-0.2, 0) is 0 Å². The highest BCUT2D eigenvalue weighted by Crippen LogP contribution is 2.26. The molecule has 0 unspecified atom stereocenters. The minimum atomic E-state index is -1.21. The number of carboxylic acids is 1. The van der Waals surface area contributed by atoms with E-state index in [2.05, 4.69) is 5.32 Å². The topological polar surface area (TPSA) is 92.4 Å². The molecule has 0 heterocycles. The molecule has 5 nitrogen and oxygen atoms in total. The van der Waals surface area contributed by atoms with E-state index in [1.165, 1.54) is 30.3 Å². The van der Waals surface area contributed by atoms with Gasteiger partial charge in [0.25, 0.3) is 5.91 Å². The largest absolute Gasteiger partial charge is 0.478 e. The maximum Gasteiger partial charge on any atom is 0.337 e. The van der Waals surface area contributed by atoms with Crippen LogP contribution in [0.5, 0.6) is 0 Å². The second-order valence-electron chi connectivity index (χ2n) is 4.16. The number of carbonyl (C=O) groups is 2. The van der Waals surface area contributed by atoms with Crippen molar-refractivity contribution in [3.63, 3.8) is 0 Å². The number of carboxylic acid groups (broad SMARTS) is 1. The Morgan fingerprint density at radius 1 is 1.10 bits per heavy atom. The fourth-order valence-electron chi connectivity index (χ4n) is 1.75. The Morgan fingerprint density at radius 2 is 1.71 bits per heavy atom. The molecule has 0 atom stereocenters. The first-order valence-electron chi connectivity index (χ1n) is 5.78. The average molecular weight is 325 g/mol. The lowest BCUT2D eigenvalue weighted by Gasteiger charge is -2.11. The van der Waals surface area contributed by atoms with E-state index in [1.807, 2.05) is 0 Å². The average Bonchev–Trinajstić information content (AvgIpc) is 2.40. The summed E-state index contributed by atoms with van der Waals surface area (Å²) in [6.45, 7) is 0. The number of amides is 1. The van der Waals surface area contributed by atoms with E-state index in [0.29, 0.717) is 0 Å². The molecule has 0 saturated heterocycles. The minimum absolute atomic E-state index is 0.0778. The van der Waals surface area contributed by atoms with Crippen molar-refractivity contribution in [2.45, 2.75) is 0 Å². The highest BCUT2D eigenvalue weighted by atomic mass is 35.5. The van der Waals surface area contributed by atoms with E-state index < -0.39 is 11.9 Å². The molecular weight excluding hydrogens is 315 g/mol. The zero-order valence-corrected chi connectivity index (χ0v) is 12.1. The number of nitrogen functional groups attached to an aromatic ring is 1. The van der Waals surface area contributed by atoms with Gasteiger partial charge in [-0.05, 0) is 30.3 Å². The van der Waals surface area contributed by atoms with Gasteiger partial charge in [0, 0.05) is 5.69 Å². The smallest absolute Gasteiger partial charge is 0.337 e. The van der Waals surface area contributed by atoms with Crippen LogP contribution in [0.25, 0.3) is 0 Å². The lowest BCUT2D eigenvalue weighted by atomic mass is 10.1. The van der Waals surface area contributed by atoms with E-state index in [4.69, 9.17) is 34.0 Å². The minimum Gasteiger partial charge on any atom is -0.478 e. The molecule has 0 bridgehead atoms. The van der Waals surface area contributed by atoms with Crippen molar-refractivity contribution in [1.82, 2.24) is 0 Å². The predicted octanol–water partition coefficient (Wildman–Crippen LogP) is 3.53. The number of benzene rings is 2. The molecular formula is C14H10Cl2N2O3. The Balaban J connectivity index is 2.39. The second-order valence-corrected chi connectivity index (χ2v) is 4.98. The van der Waals surface area contributed by atoms with E-state index in [9.17, 15) is 9.59 Å². The predicted molar refractivity (Wildman–Crippen MR) is 82.2 cm³/mol. The third-order valence-electron chi connectivity index (χ3n) is 2.71. The van der Waals surface area contributed by atoms with Gasteiger partial charge in [-0.3, -0.25) is 4.79 Å². The first-order valence-corrected chi connectivity index (χ1v) is 6.54. The standard InChI is InChI=1S/C14H10Cl2N2O3/c15-9-2-1-3-10(16)12(9)13(19)18-11-5-4-7(17)6-8(11)14(20)21/h1-6H,17H2,(H,18,19)(H,20,21). The van der Waals surface area contributed by atoms with Gasteiger partial charge in [-0.25, -0.2) is 4.79 Å². The summed E-state index contributed by atoms with van der Waals surface area (Å²) in [6.07, 6.45) is 0. The van der Waals surface area contributed by atoms with E-state index >= 15 is 0 Å². The van der Waals surface area contributed by atoms with Gasteiger partial charge in [0.15, 0.2) is 0 Å². The van der Waals surface area contributed by atoms with Crippen LogP contribution in [0.2, 0.25) is 10.0 Å². The summed E-state index contributed by atoms with van der Waals surface area (Å²) in [5.41, 5.74) is 5.88. The van der Waals surface area contributed by atoms with Crippen molar-refractivity contribution in [2.75, 3.05) is 11.1 Å². The summed E-state index contributed by atoms with van der Waals surface area (Å²) in [5, 5.41) is 11.9. The third-order valence-corrected chi connectivity index (χ3v) is 3.34. The van der Waals surface area contributed by atoms with Crippen LogP contribution in [0.15, 0.2) is 36.4 Å². The SMILES string of the molecule is Nc1ccc(NC(=O)c2c(Cl)cccc2Cl)c(C(=O)O)c1. The van der Waals surface area contributed by atoms with Crippen LogP contribution in [0.4, 0.5) is 11.4 Å². The van der Waals surface area contributed by atoms with Crippen LogP contribution < -0.4 is 11.1 Å². The first kappa shape index (κ1) is 15.2. The van der Waals surface area contributed by atoms with Crippen molar-refractivity contribution in [2.24, 2.45) is 0 Å². The molecule has 21 heavy (non-hydrogen) atoms. The number of aromatic carboxylic acids is 1. The molecule has 1 amide bonds. The number of rotatable bonds is 3. The molecule has 7 heteroatoms. The summed E-state index contributed by atoms with van der Waals surface area (Å²) in [6, 6.07) is 8.78. The first-order chi connectivity index (χ1) is 9.90. The lowest BCUT2D eigenvalue weighted by Crippen LogP contribution is -2.16. The van der Waals surface area contributed by atoms with Crippen LogP contribution in [-0.4, -0.2) is 17.0 Å². The Kier molecular flexibility index (Phi) is 4.35. The highest BCUT2D eigenvalue weighted by Gasteiger charge is 2.18. The number of halogens is 2. The van der Waals surface area contributed by atoms with Gasteiger partial charge in [-0.2, -0.15) is 0 Å². The van der Waals surface area contributed by atoms with Crippen molar-refractivity contribution >= 4 is 46.5 Å². The van der Waals surface area contributed by atoms with Crippen molar-refractivity contribution < 1.29 is 14.7 Å². The number of nitrogens with two attached hydrogens (primary N) is 1. The van der Waals surface area contributed by atoms with Gasteiger partial charge in [-0.1, -0.05) is 29.3 Å². The molecule has 0 saturated carbocycles. The quantitative estimate of drug-likeness (QED) is 0.753. The van der Waals surface area contributed by atoms with Crippen LogP contribution in [0.3, 0.4) is 0 Å². The fourth-order valence-corrected chi connectivity index (χ4v) is 2.32. The van der Waals surface area contributed by atoms with E-state index in [-0.39, 0.29) is 32.5 Å². The summed E-state index contributed by atoms with van der Waals surface area (Å²) >= 11 is 11.9. The van der Waals surface area contributed by atoms with Crippen molar-refractivity contribution in [3.05, 3.63) is 57.6 Å². The Morgan fingerprint density at radius 3 is 2.29 bits per heavy atom. The molecule has 0 aliphatic carbocycles. The van der Waals surface area contributed by atoms with Gasteiger partial charge in [0.05, 0.1) is 26.9 Å². The molecule has 0 aromatic heterocycles. The van der Waals surface area contributed by atoms with Gasteiger partial charge in [0.2, 0.25) is 0 Å². The van der Waals surface area contributed by atoms with Gasteiger partial charge < -0.3 is 16.2 Å². The zero-order valence-electron chi connectivity index (χ0n) is 10.6. The number of hydrogen-bond donors (Lipinski definition) is 3. The number of anilines is 2. The Hall–Kier alpha value is -2.24. The Bertz CT molecular complexity index is 712. The van der Waals surface area contributed by atoms with Crippen LogP contribution in [0.1, 0.15) is 20.7 Å². The molecule has 2 rings (SSSR count). The van der Waals surface area contributed by atoms with Crippen LogP contribution in [0, 0.1) is 0 Å². The number of hydrogen-bond acceptors (Lipinski definition) is 3. The van der Waals surface area contributed by atoms with Crippen molar-refractivity contribution in [1.29, 1.82) is 0 Å². The fraction of sp³-hybridized carbons (Fsp3) is 0. The van der Waals surface area contributed by atoms with Gasteiger partial charge in [0.1, 0.15) is 0 Å². The van der Waals surface area contributed by atoms with E-state index in [1.54, 1.807) is 6.07 Å². The second kappa shape index (κ2) is 6.03. The Labute approximate surface area is 130 Å². The summed E-state index contributed by atoms with van der Waals surface area (Å²) < 4.78 is 0. The molecule has 4 N–H and O–H groups in total. The van der Waals surface area contributed by atoms with Gasteiger partial charge >= 0.3 is 5.97 Å². The summed E-state index contributed by atoms with van der Waals surface area (Å²) in [4.78, 5) is 23.4. The highest BCUT2D eigenvalue weighted by molar-refractivity contribution is 6.40. The summed E-state index contributed by atoms with van der Waals surface area (Å²) in [5.74, 6) is -1.80. The van der Waals surface area contributed by atoms with E-state index in [0.717, 1.165) is 0 Å². The maximum atomic E-state index is 12.2. The third kappa shape index (κ3) is 3.26. The lowest BCUT2D eigenvalue weighted by molar-refractivity contribution is 0.0698. The molecule has 0 aliphatic rings. The van der Waals surface area contributed by atoms with Crippen LogP contribution >= 0.6 is 23.2 Å². The molecule has 0 fully saturated rings. The number of carbonyl (C=O) groups excluding carboxylic acids is 1. The van der Waals surface area contributed by atoms with Gasteiger partial charge in [-0.15, -0.1) is 0 Å². The maximum absolute atomic E-state index is 12.2. The molecule has 0 spiro atoms. The molecule has 2 aromatic carbocycles. The molecule has 0 radical (unpaired) electrons. The molecule has 2 aromatic rings. The summed E-state index contributed by atoms with van der Waals surface area (Å²) in [7, 11) is 0. The number of nitrogens with one attached hydrogen (secondary N) is 1. The monoisotopic (exact) mass is 324 g/mol.